The van der Waals surface area contributed by atoms with Crippen LogP contribution in [0.5, 0.6) is 0 Å². The van der Waals surface area contributed by atoms with Crippen LogP contribution in [0.15, 0.2) is 120 Å². The van der Waals surface area contributed by atoms with E-state index in [1.165, 1.54) is 10.8 Å². The van der Waals surface area contributed by atoms with Crippen molar-refractivity contribution in [3.8, 4) is 45.1 Å². The largest absolute Gasteiger partial charge is 0.464 e. The van der Waals surface area contributed by atoms with Crippen LogP contribution in [-0.4, -0.2) is 15.0 Å². The number of fused-ring (bicyclic) bond motifs is 1. The number of benzene rings is 3. The van der Waals surface area contributed by atoms with Gasteiger partial charge in [0.2, 0.25) is 0 Å². The van der Waals surface area contributed by atoms with Crippen LogP contribution in [-0.2, 0) is 0 Å². The molecular formula is C29H19N3O. The highest BCUT2D eigenvalue weighted by molar-refractivity contribution is 6.05. The first-order valence-corrected chi connectivity index (χ1v) is 10.8. The number of pyridine rings is 1. The van der Waals surface area contributed by atoms with E-state index < -0.39 is 0 Å². The van der Waals surface area contributed by atoms with Crippen LogP contribution in [0.3, 0.4) is 0 Å². The third-order valence-electron chi connectivity index (χ3n) is 5.78. The fourth-order valence-corrected chi connectivity index (χ4v) is 4.36. The summed E-state index contributed by atoms with van der Waals surface area (Å²) in [6, 6.07) is 30.7. The van der Waals surface area contributed by atoms with Crippen molar-refractivity contribution >= 4 is 10.8 Å². The summed E-state index contributed by atoms with van der Waals surface area (Å²) in [5.41, 5.74) is 5.87. The number of hydrogen-bond donors (Lipinski definition) is 0. The summed E-state index contributed by atoms with van der Waals surface area (Å²) in [4.78, 5) is 14.0. The Bertz CT molecular complexity index is 1540. The second-order valence-corrected chi connectivity index (χ2v) is 7.70. The van der Waals surface area contributed by atoms with Gasteiger partial charge in [-0.05, 0) is 58.3 Å². The van der Waals surface area contributed by atoms with Crippen LogP contribution in [0.25, 0.3) is 55.9 Å². The minimum atomic E-state index is 0.631. The summed E-state index contributed by atoms with van der Waals surface area (Å²) in [7, 11) is 0. The zero-order chi connectivity index (χ0) is 22.0. The Labute approximate surface area is 191 Å². The molecular weight excluding hydrogens is 406 g/mol. The highest BCUT2D eigenvalue weighted by atomic mass is 16.3. The first-order chi connectivity index (χ1) is 16.4. The van der Waals surface area contributed by atoms with Gasteiger partial charge in [0.1, 0.15) is 5.76 Å². The van der Waals surface area contributed by atoms with Gasteiger partial charge < -0.3 is 4.42 Å². The first kappa shape index (κ1) is 19.1. The van der Waals surface area contributed by atoms with Gasteiger partial charge in [-0.3, -0.25) is 4.98 Å². The van der Waals surface area contributed by atoms with Gasteiger partial charge >= 0.3 is 0 Å². The molecule has 0 unspecified atom stereocenters. The average molecular weight is 425 g/mol. The Morgan fingerprint density at radius 2 is 1.30 bits per heavy atom. The molecule has 0 aliphatic heterocycles. The van der Waals surface area contributed by atoms with Crippen LogP contribution in [0.1, 0.15) is 0 Å². The summed E-state index contributed by atoms with van der Waals surface area (Å²) in [5.74, 6) is 1.39. The van der Waals surface area contributed by atoms with Gasteiger partial charge in [0.25, 0.3) is 0 Å². The Kier molecular flexibility index (Phi) is 4.74. The van der Waals surface area contributed by atoms with E-state index in [1.807, 2.05) is 42.6 Å². The number of rotatable bonds is 4. The van der Waals surface area contributed by atoms with Crippen molar-refractivity contribution in [3.05, 3.63) is 116 Å². The minimum Gasteiger partial charge on any atom is -0.464 e. The number of furan rings is 1. The zero-order valence-corrected chi connectivity index (χ0v) is 17.7. The lowest BCUT2D eigenvalue weighted by Crippen LogP contribution is -1.98. The molecule has 3 heterocycles. The van der Waals surface area contributed by atoms with E-state index in [9.17, 15) is 0 Å². The van der Waals surface area contributed by atoms with Gasteiger partial charge in [-0.25, -0.2) is 9.97 Å². The predicted octanol–water partition coefficient (Wildman–Crippen LogP) is 7.29. The van der Waals surface area contributed by atoms with Crippen LogP contribution < -0.4 is 0 Å². The summed E-state index contributed by atoms with van der Waals surface area (Å²) in [6.07, 6.45) is 7.03. The van der Waals surface area contributed by atoms with Crippen molar-refractivity contribution in [2.75, 3.05) is 0 Å². The number of nitrogens with zero attached hydrogens (tertiary/aromatic N) is 3. The van der Waals surface area contributed by atoms with Crippen molar-refractivity contribution in [1.82, 2.24) is 15.0 Å². The van der Waals surface area contributed by atoms with E-state index in [0.29, 0.717) is 5.82 Å². The van der Waals surface area contributed by atoms with Gasteiger partial charge in [0.05, 0.1) is 12.0 Å². The molecule has 33 heavy (non-hydrogen) atoms. The summed E-state index contributed by atoms with van der Waals surface area (Å²) in [5, 5.41) is 2.37. The highest BCUT2D eigenvalue weighted by Gasteiger charge is 2.23. The standard InChI is InChI=1S/C29H19N3O/c1-2-10-21-20(8-1)9-5-11-22(21)23-14-15-24(26-13-6-19-33-26)28(29-31-17-7-18-32-29)27(23)25-12-3-4-16-30-25/h1-19H. The van der Waals surface area contributed by atoms with Gasteiger partial charge in [-0.1, -0.05) is 54.6 Å². The third-order valence-corrected chi connectivity index (χ3v) is 5.78. The molecule has 4 heteroatoms. The third kappa shape index (κ3) is 3.38. The van der Waals surface area contributed by atoms with Gasteiger partial charge in [-0.15, -0.1) is 0 Å². The number of aromatic nitrogens is 3. The lowest BCUT2D eigenvalue weighted by molar-refractivity contribution is 0.582. The maximum atomic E-state index is 5.81. The van der Waals surface area contributed by atoms with E-state index in [4.69, 9.17) is 9.40 Å². The summed E-state index contributed by atoms with van der Waals surface area (Å²) < 4.78 is 5.81. The quantitative estimate of drug-likeness (QED) is 0.298. The lowest BCUT2D eigenvalue weighted by Gasteiger charge is -2.18. The van der Waals surface area contributed by atoms with Crippen molar-refractivity contribution in [2.24, 2.45) is 0 Å². The highest BCUT2D eigenvalue weighted by Crippen LogP contribution is 2.45. The fraction of sp³-hybridized carbons (Fsp3) is 0. The van der Waals surface area contributed by atoms with E-state index >= 15 is 0 Å². The van der Waals surface area contributed by atoms with E-state index in [2.05, 4.69) is 64.6 Å². The van der Waals surface area contributed by atoms with Crippen LogP contribution in [0.4, 0.5) is 0 Å². The number of hydrogen-bond acceptors (Lipinski definition) is 4. The van der Waals surface area contributed by atoms with Crippen molar-refractivity contribution < 1.29 is 4.42 Å². The average Bonchev–Trinajstić information content (AvgIpc) is 3.43. The van der Waals surface area contributed by atoms with Crippen molar-refractivity contribution in [1.29, 1.82) is 0 Å². The SMILES string of the molecule is c1ccc(-c2c(-c3cccc4ccccc34)ccc(-c3ccco3)c2-c2ncccn2)nc1. The van der Waals surface area contributed by atoms with Crippen LogP contribution >= 0.6 is 0 Å². The lowest BCUT2D eigenvalue weighted by atomic mass is 9.87. The molecule has 0 amide bonds. The van der Waals surface area contributed by atoms with Crippen LogP contribution in [0.2, 0.25) is 0 Å². The van der Waals surface area contributed by atoms with Gasteiger partial charge in [0, 0.05) is 35.3 Å². The Hall–Kier alpha value is -4.57. The molecule has 156 valence electrons. The molecule has 0 fully saturated rings. The zero-order valence-electron chi connectivity index (χ0n) is 17.7. The molecule has 0 spiro atoms. The fourth-order valence-electron chi connectivity index (χ4n) is 4.36. The summed E-state index contributed by atoms with van der Waals surface area (Å²) >= 11 is 0. The predicted molar refractivity (Wildman–Crippen MR) is 131 cm³/mol. The molecule has 0 aliphatic carbocycles. The topological polar surface area (TPSA) is 51.8 Å². The Morgan fingerprint density at radius 1 is 0.515 bits per heavy atom. The molecule has 0 atom stereocenters. The molecule has 0 N–H and O–H groups in total. The molecule has 3 aromatic carbocycles. The Balaban J connectivity index is 1.77. The van der Waals surface area contributed by atoms with E-state index in [1.54, 1.807) is 18.7 Å². The maximum absolute atomic E-state index is 5.81. The molecule has 4 nitrogen and oxygen atoms in total. The summed E-state index contributed by atoms with van der Waals surface area (Å²) in [6.45, 7) is 0. The maximum Gasteiger partial charge on any atom is 0.160 e. The molecule has 0 aliphatic rings. The Morgan fingerprint density at radius 3 is 2.12 bits per heavy atom. The smallest absolute Gasteiger partial charge is 0.160 e. The van der Waals surface area contributed by atoms with Crippen molar-refractivity contribution in [2.45, 2.75) is 0 Å². The molecule has 0 saturated heterocycles. The first-order valence-electron chi connectivity index (χ1n) is 10.8. The molecule has 3 aromatic heterocycles. The molecule has 0 radical (unpaired) electrons. The van der Waals surface area contributed by atoms with E-state index in [-0.39, 0.29) is 0 Å². The second-order valence-electron chi connectivity index (χ2n) is 7.70. The van der Waals surface area contributed by atoms with E-state index in [0.717, 1.165) is 39.3 Å². The van der Waals surface area contributed by atoms with Crippen LogP contribution in [0, 0.1) is 0 Å². The minimum absolute atomic E-state index is 0.631. The molecule has 6 aromatic rings. The van der Waals surface area contributed by atoms with Gasteiger partial charge in [0.15, 0.2) is 5.82 Å². The second kappa shape index (κ2) is 8.17. The normalized spacial score (nSPS) is 11.0. The molecule has 0 bridgehead atoms. The molecule has 6 rings (SSSR count). The van der Waals surface area contributed by atoms with Gasteiger partial charge in [-0.2, -0.15) is 0 Å². The molecule has 0 saturated carbocycles. The monoisotopic (exact) mass is 425 g/mol. The van der Waals surface area contributed by atoms with Crippen molar-refractivity contribution in [3.63, 3.8) is 0 Å².